The fourth-order valence-electron chi connectivity index (χ4n) is 1.98. The van der Waals surface area contributed by atoms with Crippen molar-refractivity contribution in [2.24, 2.45) is 4.99 Å². The van der Waals surface area contributed by atoms with Gasteiger partial charge in [-0.1, -0.05) is 42.8 Å². The number of rotatable bonds is 6. The summed E-state index contributed by atoms with van der Waals surface area (Å²) in [6.45, 7) is 0. The number of likely N-dealkylation sites (N-methyl/N-ethyl adjacent to an activating group) is 1. The normalized spacial score (nSPS) is 11.1. The van der Waals surface area contributed by atoms with E-state index < -0.39 is 4.92 Å². The number of pyridine rings is 2. The molecule has 0 radical (unpaired) electrons. The van der Waals surface area contributed by atoms with Gasteiger partial charge in [0, 0.05) is 40.8 Å². The number of thioether (sulfide) groups is 1. The Morgan fingerprint density at radius 1 is 1.21 bits per heavy atom. The average molecular weight is 461 g/mol. The van der Waals surface area contributed by atoms with Gasteiger partial charge in [0.05, 0.1) is 15.7 Å². The highest BCUT2D eigenvalue weighted by Crippen LogP contribution is 2.10. The van der Waals surface area contributed by atoms with Gasteiger partial charge in [-0.2, -0.15) is 0 Å². The van der Waals surface area contributed by atoms with Crippen LogP contribution < -0.4 is 5.32 Å². The zero-order valence-electron chi connectivity index (χ0n) is 15.7. The molecule has 0 aliphatic heterocycles. The van der Waals surface area contributed by atoms with Crippen LogP contribution in [-0.2, 0) is 12.8 Å². The molecule has 10 heteroatoms. The van der Waals surface area contributed by atoms with E-state index in [1.54, 1.807) is 56.5 Å². The van der Waals surface area contributed by atoms with E-state index in [2.05, 4.69) is 20.3 Å². The zero-order chi connectivity index (χ0) is 20.9. The van der Waals surface area contributed by atoms with Gasteiger partial charge in [-0.25, -0.2) is 9.97 Å². The Balaban J connectivity index is 0. The molecule has 0 aliphatic rings. The summed E-state index contributed by atoms with van der Waals surface area (Å²) in [7, 11) is 3.44. The summed E-state index contributed by atoms with van der Waals surface area (Å²) in [6, 6.07) is 7.19. The standard InChI is InChI=1S/C9H10ClN3O2.C9H11ClN2S.CH4.H2/c1-11-8(6-13(14)15)4-7-2-3-9(10)12-5-7;1-11-9(13-2)5-7-3-4-8(10)12-6-7;;/h2-3,5-6,11H,4H2,1H3;3-4,6H,5H2,1-2H3;1H4;1H/b8-6-;;;/i;;;1+1. The topological polar surface area (TPSA) is 93.3 Å². The monoisotopic (exact) mass is 460 g/mol. The summed E-state index contributed by atoms with van der Waals surface area (Å²) in [5.74, 6) is 0. The summed E-state index contributed by atoms with van der Waals surface area (Å²) in [5, 5.41) is 15.1. The van der Waals surface area contributed by atoms with Gasteiger partial charge in [0.15, 0.2) is 0 Å². The molecule has 2 heterocycles. The van der Waals surface area contributed by atoms with Crippen molar-refractivity contribution in [3.63, 3.8) is 0 Å². The lowest BCUT2D eigenvalue weighted by Gasteiger charge is -2.03. The van der Waals surface area contributed by atoms with E-state index in [4.69, 9.17) is 23.2 Å². The maximum absolute atomic E-state index is 10.3. The first kappa shape index (κ1) is 26.8. The van der Waals surface area contributed by atoms with Crippen LogP contribution in [0.1, 0.15) is 20.0 Å². The fourth-order valence-corrected chi connectivity index (χ4v) is 2.70. The first-order chi connectivity index (χ1) is 13.4. The molecule has 2 aromatic rings. The maximum atomic E-state index is 10.3. The molecule has 7 nitrogen and oxygen atoms in total. The second-order valence-electron chi connectivity index (χ2n) is 5.34. The Kier molecular flexibility index (Phi) is 13.7. The number of hydrogen-bond donors (Lipinski definition) is 1. The molecule has 0 amide bonds. The zero-order valence-corrected chi connectivity index (χ0v) is 18.1. The quantitative estimate of drug-likeness (QED) is 0.210. The van der Waals surface area contributed by atoms with Crippen LogP contribution in [0, 0.1) is 10.1 Å². The Morgan fingerprint density at radius 2 is 1.72 bits per heavy atom. The smallest absolute Gasteiger partial charge is 0.253 e. The van der Waals surface area contributed by atoms with E-state index in [1.807, 2.05) is 12.3 Å². The number of aromatic nitrogens is 2. The molecule has 0 unspecified atom stereocenters. The van der Waals surface area contributed by atoms with Crippen molar-refractivity contribution in [1.29, 1.82) is 0 Å². The Labute approximate surface area is 187 Å². The molecule has 2 aromatic heterocycles. The number of aliphatic imine (C=N–C) groups is 1. The molecule has 160 valence electrons. The second-order valence-corrected chi connectivity index (χ2v) is 7.00. The molecule has 29 heavy (non-hydrogen) atoms. The fraction of sp³-hybridized carbons (Fsp3) is 0.316. The Hall–Kier alpha value is -2.16. The molecule has 0 fully saturated rings. The molecule has 0 aliphatic carbocycles. The number of halogens is 2. The summed E-state index contributed by atoms with van der Waals surface area (Å²) >= 11 is 12.9. The van der Waals surface area contributed by atoms with Crippen LogP contribution in [0.25, 0.3) is 0 Å². The lowest BCUT2D eigenvalue weighted by molar-refractivity contribution is -0.403. The van der Waals surface area contributed by atoms with Gasteiger partial charge in [-0.05, 0) is 29.5 Å². The summed E-state index contributed by atoms with van der Waals surface area (Å²) in [5.41, 5.74) is 2.52. The summed E-state index contributed by atoms with van der Waals surface area (Å²) in [4.78, 5) is 21.8. The number of hydrogen-bond acceptors (Lipinski definition) is 7. The average Bonchev–Trinajstić information content (AvgIpc) is 2.69. The lowest BCUT2D eigenvalue weighted by Crippen LogP contribution is -2.10. The number of allylic oxidation sites excluding steroid dienone is 1. The maximum Gasteiger partial charge on any atom is 0.253 e. The van der Waals surface area contributed by atoms with Crippen LogP contribution in [0.2, 0.25) is 10.3 Å². The summed E-state index contributed by atoms with van der Waals surface area (Å²) < 4.78 is 0. The predicted molar refractivity (Wildman–Crippen MR) is 126 cm³/mol. The van der Waals surface area contributed by atoms with Crippen LogP contribution >= 0.6 is 35.0 Å². The van der Waals surface area contributed by atoms with Crippen molar-refractivity contribution in [3.8, 4) is 0 Å². The third kappa shape index (κ3) is 11.4. The molecule has 0 spiro atoms. The van der Waals surface area contributed by atoms with Crippen molar-refractivity contribution >= 4 is 40.0 Å². The van der Waals surface area contributed by atoms with Crippen LogP contribution in [0.5, 0.6) is 0 Å². The number of nitrogens with one attached hydrogen (secondary N) is 1. The van der Waals surface area contributed by atoms with Gasteiger partial charge >= 0.3 is 0 Å². The van der Waals surface area contributed by atoms with E-state index in [0.717, 1.165) is 28.8 Å². The minimum Gasteiger partial charge on any atom is -0.386 e. The first-order valence-electron chi connectivity index (χ1n) is 8.10. The predicted octanol–water partition coefficient (Wildman–Crippen LogP) is 5.17. The van der Waals surface area contributed by atoms with Gasteiger partial charge in [0.25, 0.3) is 6.20 Å². The highest BCUT2D eigenvalue weighted by molar-refractivity contribution is 8.13. The first-order valence-corrected chi connectivity index (χ1v) is 10.1. The molecular formula is C19H27Cl2N5O2S. The van der Waals surface area contributed by atoms with Gasteiger partial charge < -0.3 is 5.32 Å². The highest BCUT2D eigenvalue weighted by atomic mass is 35.5. The van der Waals surface area contributed by atoms with Crippen molar-refractivity contribution in [2.45, 2.75) is 20.3 Å². The largest absolute Gasteiger partial charge is 0.386 e. The van der Waals surface area contributed by atoms with E-state index in [0.29, 0.717) is 22.4 Å². The third-order valence-electron chi connectivity index (χ3n) is 3.39. The number of nitrogens with zero attached hydrogens (tertiary/aromatic N) is 4. The van der Waals surface area contributed by atoms with Gasteiger partial charge in [0.2, 0.25) is 0 Å². The molecule has 0 saturated carbocycles. The lowest BCUT2D eigenvalue weighted by atomic mass is 10.2. The Morgan fingerprint density at radius 3 is 2.07 bits per heavy atom. The molecular weight excluding hydrogens is 433 g/mol. The third-order valence-corrected chi connectivity index (χ3v) is 4.64. The van der Waals surface area contributed by atoms with Crippen molar-refractivity contribution in [2.75, 3.05) is 20.4 Å². The molecule has 0 atom stereocenters. The molecule has 1 N–H and O–H groups in total. The van der Waals surface area contributed by atoms with Gasteiger partial charge in [0.1, 0.15) is 10.3 Å². The molecule has 0 bridgehead atoms. The van der Waals surface area contributed by atoms with Crippen LogP contribution in [0.4, 0.5) is 0 Å². The molecule has 0 aromatic carbocycles. The van der Waals surface area contributed by atoms with Crippen LogP contribution in [0.3, 0.4) is 0 Å². The van der Waals surface area contributed by atoms with E-state index in [1.165, 1.54) is 0 Å². The van der Waals surface area contributed by atoms with E-state index in [9.17, 15) is 10.1 Å². The highest BCUT2D eigenvalue weighted by Gasteiger charge is 2.03. The minimum absolute atomic E-state index is 0. The summed E-state index contributed by atoms with van der Waals surface area (Å²) in [6.07, 6.45) is 7.60. The Bertz CT molecular complexity index is 819. The molecule has 0 saturated heterocycles. The van der Waals surface area contributed by atoms with E-state index >= 15 is 0 Å². The SMILES string of the molecule is C.CN/C(=C\[N+](=O)[O-])Cc1ccc(Cl)nc1.CN=C(Cc1ccc(Cl)nc1)SC.[2HH]. The van der Waals surface area contributed by atoms with Crippen LogP contribution in [-0.4, -0.2) is 40.3 Å². The minimum atomic E-state index is -0.491. The second kappa shape index (κ2) is 14.8. The van der Waals surface area contributed by atoms with Gasteiger partial charge in [-0.3, -0.25) is 15.1 Å². The van der Waals surface area contributed by atoms with Crippen molar-refractivity contribution in [3.05, 3.63) is 80.1 Å². The van der Waals surface area contributed by atoms with Gasteiger partial charge in [-0.15, -0.1) is 11.8 Å². The van der Waals surface area contributed by atoms with Crippen molar-refractivity contribution in [1.82, 2.24) is 15.3 Å². The van der Waals surface area contributed by atoms with Crippen molar-refractivity contribution < 1.29 is 6.35 Å². The number of nitro groups is 1. The van der Waals surface area contributed by atoms with Crippen LogP contribution in [0.15, 0.2) is 53.5 Å². The van der Waals surface area contributed by atoms with E-state index in [-0.39, 0.29) is 8.85 Å². The molecule has 2 rings (SSSR count).